The molecule has 1 aliphatic rings. The number of carbonyl (C=O) groups is 2. The number of hydrogen-bond acceptors (Lipinski definition) is 4. The van der Waals surface area contributed by atoms with Crippen LogP contribution in [0.15, 0.2) is 18.2 Å². The van der Waals surface area contributed by atoms with E-state index in [9.17, 15) is 9.59 Å². The molecule has 22 heavy (non-hydrogen) atoms. The van der Waals surface area contributed by atoms with Crippen LogP contribution in [-0.2, 0) is 9.53 Å². The molecule has 0 aromatic heterocycles. The molecule has 1 aliphatic heterocycles. The average molecular weight is 307 g/mol. The fourth-order valence-electron chi connectivity index (χ4n) is 2.32. The second kappa shape index (κ2) is 7.65. The fourth-order valence-corrected chi connectivity index (χ4v) is 2.32. The van der Waals surface area contributed by atoms with Crippen molar-refractivity contribution < 1.29 is 19.1 Å². The minimum absolute atomic E-state index is 0.0694. The highest BCUT2D eigenvalue weighted by Gasteiger charge is 2.24. The summed E-state index contributed by atoms with van der Waals surface area (Å²) in [5.41, 5.74) is 1.28. The van der Waals surface area contributed by atoms with E-state index in [1.165, 1.54) is 0 Å². The largest absolute Gasteiger partial charge is 0.495 e. The number of urea groups is 1. The van der Waals surface area contributed by atoms with E-state index in [0.29, 0.717) is 43.2 Å². The van der Waals surface area contributed by atoms with Gasteiger partial charge in [0.25, 0.3) is 0 Å². The van der Waals surface area contributed by atoms with E-state index in [-0.39, 0.29) is 11.9 Å². The van der Waals surface area contributed by atoms with Crippen molar-refractivity contribution in [3.63, 3.8) is 0 Å². The molecule has 0 atom stereocenters. The SMILES string of the molecule is COCCNC(=O)Nc1ccc(OC)c(N2CCCC2=O)c1. The van der Waals surface area contributed by atoms with Gasteiger partial charge in [0.05, 0.1) is 19.4 Å². The topological polar surface area (TPSA) is 79.9 Å². The predicted molar refractivity (Wildman–Crippen MR) is 83.5 cm³/mol. The monoisotopic (exact) mass is 307 g/mol. The molecule has 120 valence electrons. The van der Waals surface area contributed by atoms with Gasteiger partial charge < -0.3 is 25.0 Å². The zero-order valence-electron chi connectivity index (χ0n) is 12.8. The van der Waals surface area contributed by atoms with Gasteiger partial charge in [0.1, 0.15) is 5.75 Å². The Kier molecular flexibility index (Phi) is 5.60. The molecule has 1 heterocycles. The number of carbonyl (C=O) groups excluding carboxylic acids is 2. The van der Waals surface area contributed by atoms with Crippen LogP contribution in [0.4, 0.5) is 16.2 Å². The van der Waals surface area contributed by atoms with Crippen molar-refractivity contribution in [1.82, 2.24) is 5.32 Å². The summed E-state index contributed by atoms with van der Waals surface area (Å²) in [5.74, 6) is 0.681. The maximum absolute atomic E-state index is 11.9. The molecule has 0 bridgehead atoms. The lowest BCUT2D eigenvalue weighted by Gasteiger charge is -2.20. The van der Waals surface area contributed by atoms with Crippen LogP contribution in [0.25, 0.3) is 0 Å². The Morgan fingerprint density at radius 3 is 2.82 bits per heavy atom. The molecule has 2 N–H and O–H groups in total. The third-order valence-corrected chi connectivity index (χ3v) is 3.39. The number of nitrogens with one attached hydrogen (secondary N) is 2. The zero-order valence-corrected chi connectivity index (χ0v) is 12.8. The number of rotatable bonds is 6. The molecule has 1 aromatic carbocycles. The first kappa shape index (κ1) is 16.1. The van der Waals surface area contributed by atoms with Crippen LogP contribution in [-0.4, -0.2) is 45.9 Å². The van der Waals surface area contributed by atoms with Crippen molar-refractivity contribution in [2.24, 2.45) is 0 Å². The van der Waals surface area contributed by atoms with E-state index in [0.717, 1.165) is 6.42 Å². The minimum Gasteiger partial charge on any atom is -0.495 e. The third kappa shape index (κ3) is 3.88. The van der Waals surface area contributed by atoms with Crippen LogP contribution in [0.1, 0.15) is 12.8 Å². The molecule has 1 saturated heterocycles. The Balaban J connectivity index is 2.10. The number of nitrogens with zero attached hydrogens (tertiary/aromatic N) is 1. The molecule has 0 spiro atoms. The van der Waals surface area contributed by atoms with Gasteiger partial charge in [-0.25, -0.2) is 4.79 Å². The normalized spacial score (nSPS) is 14.1. The standard InChI is InChI=1S/C15H21N3O4/c1-21-9-7-16-15(20)17-11-5-6-13(22-2)12(10-11)18-8-3-4-14(18)19/h5-6,10H,3-4,7-9H2,1-2H3,(H2,16,17,20). The first-order valence-corrected chi connectivity index (χ1v) is 7.18. The molecule has 3 amide bonds. The minimum atomic E-state index is -0.319. The van der Waals surface area contributed by atoms with Gasteiger partial charge in [0.2, 0.25) is 5.91 Å². The van der Waals surface area contributed by atoms with E-state index in [1.807, 2.05) is 0 Å². The van der Waals surface area contributed by atoms with Crippen LogP contribution >= 0.6 is 0 Å². The summed E-state index contributed by atoms with van der Waals surface area (Å²) in [6, 6.07) is 4.91. The van der Waals surface area contributed by atoms with Gasteiger partial charge in [0, 0.05) is 32.3 Å². The molecule has 0 aliphatic carbocycles. The number of hydrogen-bond donors (Lipinski definition) is 2. The van der Waals surface area contributed by atoms with Crippen molar-refractivity contribution in [3.05, 3.63) is 18.2 Å². The maximum atomic E-state index is 11.9. The van der Waals surface area contributed by atoms with Crippen LogP contribution < -0.4 is 20.3 Å². The summed E-state index contributed by atoms with van der Waals surface area (Å²) in [6.45, 7) is 1.54. The summed E-state index contributed by atoms with van der Waals surface area (Å²) >= 11 is 0. The van der Waals surface area contributed by atoms with Gasteiger partial charge in [-0.2, -0.15) is 0 Å². The summed E-state index contributed by atoms with van der Waals surface area (Å²) in [5, 5.41) is 5.40. The number of amides is 3. The summed E-state index contributed by atoms with van der Waals surface area (Å²) < 4.78 is 10.2. The Morgan fingerprint density at radius 2 is 2.18 bits per heavy atom. The summed E-state index contributed by atoms with van der Waals surface area (Å²) in [4.78, 5) is 25.3. The molecule has 1 fully saturated rings. The highest BCUT2D eigenvalue weighted by atomic mass is 16.5. The summed E-state index contributed by atoms with van der Waals surface area (Å²) in [6.07, 6.45) is 1.37. The number of ether oxygens (including phenoxy) is 2. The van der Waals surface area contributed by atoms with E-state index in [1.54, 1.807) is 37.3 Å². The Bertz CT molecular complexity index is 548. The quantitative estimate of drug-likeness (QED) is 0.782. The lowest BCUT2D eigenvalue weighted by Crippen LogP contribution is -2.31. The first-order chi connectivity index (χ1) is 10.7. The Hall–Kier alpha value is -2.28. The van der Waals surface area contributed by atoms with Crippen molar-refractivity contribution in [3.8, 4) is 5.75 Å². The lowest BCUT2D eigenvalue weighted by atomic mass is 10.2. The lowest BCUT2D eigenvalue weighted by molar-refractivity contribution is -0.117. The third-order valence-electron chi connectivity index (χ3n) is 3.39. The molecule has 7 heteroatoms. The molecule has 0 unspecified atom stereocenters. The van der Waals surface area contributed by atoms with Crippen molar-refractivity contribution in [2.75, 3.05) is 44.1 Å². The molecular formula is C15H21N3O4. The van der Waals surface area contributed by atoms with Gasteiger partial charge in [-0.3, -0.25) is 4.79 Å². The van der Waals surface area contributed by atoms with Crippen LogP contribution in [0.3, 0.4) is 0 Å². The fraction of sp³-hybridized carbons (Fsp3) is 0.467. The van der Waals surface area contributed by atoms with Gasteiger partial charge in [-0.05, 0) is 24.6 Å². The number of anilines is 2. The Morgan fingerprint density at radius 1 is 1.36 bits per heavy atom. The van der Waals surface area contributed by atoms with Crippen LogP contribution in [0.5, 0.6) is 5.75 Å². The summed E-state index contributed by atoms with van der Waals surface area (Å²) in [7, 11) is 3.13. The number of methoxy groups -OCH3 is 2. The molecule has 0 radical (unpaired) electrons. The van der Waals surface area contributed by atoms with Gasteiger partial charge in [-0.1, -0.05) is 0 Å². The molecule has 1 aromatic rings. The van der Waals surface area contributed by atoms with Crippen molar-refractivity contribution >= 4 is 23.3 Å². The highest BCUT2D eigenvalue weighted by molar-refractivity contribution is 5.98. The van der Waals surface area contributed by atoms with Gasteiger partial charge in [0.15, 0.2) is 0 Å². The molecule has 2 rings (SSSR count). The van der Waals surface area contributed by atoms with E-state index in [2.05, 4.69) is 10.6 Å². The molecule has 7 nitrogen and oxygen atoms in total. The number of benzene rings is 1. The highest BCUT2D eigenvalue weighted by Crippen LogP contribution is 2.33. The first-order valence-electron chi connectivity index (χ1n) is 7.18. The van der Waals surface area contributed by atoms with E-state index >= 15 is 0 Å². The van der Waals surface area contributed by atoms with Gasteiger partial charge in [-0.15, -0.1) is 0 Å². The molecular weight excluding hydrogens is 286 g/mol. The zero-order chi connectivity index (χ0) is 15.9. The smallest absolute Gasteiger partial charge is 0.319 e. The Labute approximate surface area is 129 Å². The molecule has 0 saturated carbocycles. The van der Waals surface area contributed by atoms with Gasteiger partial charge >= 0.3 is 6.03 Å². The van der Waals surface area contributed by atoms with Crippen molar-refractivity contribution in [2.45, 2.75) is 12.8 Å². The van der Waals surface area contributed by atoms with Crippen molar-refractivity contribution in [1.29, 1.82) is 0 Å². The van der Waals surface area contributed by atoms with Crippen LogP contribution in [0.2, 0.25) is 0 Å². The van der Waals surface area contributed by atoms with E-state index in [4.69, 9.17) is 9.47 Å². The second-order valence-corrected chi connectivity index (χ2v) is 4.91. The average Bonchev–Trinajstić information content (AvgIpc) is 2.93. The van der Waals surface area contributed by atoms with E-state index < -0.39 is 0 Å². The van der Waals surface area contributed by atoms with Crippen LogP contribution in [0, 0.1) is 0 Å². The second-order valence-electron chi connectivity index (χ2n) is 4.91. The predicted octanol–water partition coefficient (Wildman–Crippen LogP) is 1.59. The maximum Gasteiger partial charge on any atom is 0.319 e.